The SMILES string of the molecule is COc1ccc2nc(-c3ccc(Br)cc3)cc(C(=O)NN=C(C)c3ccc(Br)cc3)c2c1. The van der Waals surface area contributed by atoms with Gasteiger partial charge in [-0.3, -0.25) is 4.79 Å². The molecule has 4 aromatic rings. The Kier molecular flexibility index (Phi) is 6.67. The van der Waals surface area contributed by atoms with Crippen molar-refractivity contribution in [3.05, 3.63) is 92.9 Å². The van der Waals surface area contributed by atoms with Crippen molar-refractivity contribution < 1.29 is 9.53 Å². The number of hydrogen-bond acceptors (Lipinski definition) is 4. The topological polar surface area (TPSA) is 63.6 Å². The summed E-state index contributed by atoms with van der Waals surface area (Å²) in [6.45, 7) is 1.85. The maximum Gasteiger partial charge on any atom is 0.272 e. The molecule has 0 fully saturated rings. The zero-order valence-corrected chi connectivity index (χ0v) is 20.6. The van der Waals surface area contributed by atoms with E-state index in [-0.39, 0.29) is 5.91 Å². The van der Waals surface area contributed by atoms with E-state index < -0.39 is 0 Å². The van der Waals surface area contributed by atoms with E-state index in [2.05, 4.69) is 42.4 Å². The van der Waals surface area contributed by atoms with E-state index >= 15 is 0 Å². The van der Waals surface area contributed by atoms with Gasteiger partial charge >= 0.3 is 0 Å². The molecule has 0 atom stereocenters. The molecule has 0 unspecified atom stereocenters. The third-order valence-corrected chi connectivity index (χ3v) is 6.04. The van der Waals surface area contributed by atoms with Crippen molar-refractivity contribution >= 4 is 54.4 Å². The van der Waals surface area contributed by atoms with Gasteiger partial charge in [0, 0.05) is 19.9 Å². The van der Waals surface area contributed by atoms with Crippen LogP contribution in [0.5, 0.6) is 5.75 Å². The van der Waals surface area contributed by atoms with Crippen LogP contribution in [0.1, 0.15) is 22.8 Å². The van der Waals surface area contributed by atoms with E-state index in [9.17, 15) is 4.79 Å². The predicted octanol–water partition coefficient (Wildman–Crippen LogP) is 6.59. The Labute approximate surface area is 202 Å². The molecular weight excluding hydrogens is 534 g/mol. The van der Waals surface area contributed by atoms with Crippen molar-refractivity contribution in [3.8, 4) is 17.0 Å². The highest BCUT2D eigenvalue weighted by atomic mass is 79.9. The first kappa shape index (κ1) is 22.2. The van der Waals surface area contributed by atoms with Crippen molar-refractivity contribution in [1.82, 2.24) is 10.4 Å². The number of ether oxygens (including phenoxy) is 1. The number of pyridine rings is 1. The fourth-order valence-corrected chi connectivity index (χ4v) is 3.77. The van der Waals surface area contributed by atoms with E-state index in [0.717, 1.165) is 20.1 Å². The number of methoxy groups -OCH3 is 1. The van der Waals surface area contributed by atoms with Crippen molar-refractivity contribution in [3.63, 3.8) is 0 Å². The van der Waals surface area contributed by atoms with Gasteiger partial charge in [-0.25, -0.2) is 10.4 Å². The second kappa shape index (κ2) is 9.63. The first-order chi connectivity index (χ1) is 15.4. The van der Waals surface area contributed by atoms with E-state index in [0.29, 0.717) is 33.6 Å². The van der Waals surface area contributed by atoms with Gasteiger partial charge in [-0.15, -0.1) is 0 Å². The Bertz CT molecular complexity index is 1320. The fourth-order valence-electron chi connectivity index (χ4n) is 3.24. The van der Waals surface area contributed by atoms with E-state index in [1.807, 2.05) is 73.7 Å². The molecule has 1 N–H and O–H groups in total. The number of hydrogen-bond donors (Lipinski definition) is 1. The van der Waals surface area contributed by atoms with Crippen molar-refractivity contribution in [2.45, 2.75) is 6.92 Å². The minimum Gasteiger partial charge on any atom is -0.497 e. The van der Waals surface area contributed by atoms with Crippen LogP contribution in [0.4, 0.5) is 0 Å². The molecule has 5 nitrogen and oxygen atoms in total. The average Bonchev–Trinajstić information content (AvgIpc) is 2.82. The number of aromatic nitrogens is 1. The third-order valence-electron chi connectivity index (χ3n) is 4.99. The Balaban J connectivity index is 1.74. The highest BCUT2D eigenvalue weighted by Crippen LogP contribution is 2.28. The average molecular weight is 553 g/mol. The summed E-state index contributed by atoms with van der Waals surface area (Å²) in [6.07, 6.45) is 0. The van der Waals surface area contributed by atoms with Gasteiger partial charge in [-0.2, -0.15) is 5.10 Å². The largest absolute Gasteiger partial charge is 0.497 e. The number of rotatable bonds is 5. The molecule has 0 saturated heterocycles. The van der Waals surface area contributed by atoms with Crippen LogP contribution in [0.2, 0.25) is 0 Å². The van der Waals surface area contributed by atoms with Gasteiger partial charge in [0.15, 0.2) is 0 Å². The molecule has 0 spiro atoms. The molecule has 1 heterocycles. The summed E-state index contributed by atoms with van der Waals surface area (Å²) in [5, 5.41) is 5.00. The molecule has 3 aromatic carbocycles. The summed E-state index contributed by atoms with van der Waals surface area (Å²) in [5.74, 6) is 0.333. The maximum absolute atomic E-state index is 13.2. The lowest BCUT2D eigenvalue weighted by atomic mass is 10.0. The molecule has 4 rings (SSSR count). The third kappa shape index (κ3) is 4.89. The molecule has 7 heteroatoms. The highest BCUT2D eigenvalue weighted by molar-refractivity contribution is 9.10. The van der Waals surface area contributed by atoms with Crippen LogP contribution in [0.15, 0.2) is 86.8 Å². The summed E-state index contributed by atoms with van der Waals surface area (Å²) < 4.78 is 7.31. The Morgan fingerprint density at radius 2 is 1.59 bits per heavy atom. The number of halogens is 2. The summed E-state index contributed by atoms with van der Waals surface area (Å²) in [6, 6.07) is 22.8. The molecule has 0 bridgehead atoms. The summed E-state index contributed by atoms with van der Waals surface area (Å²) >= 11 is 6.88. The van der Waals surface area contributed by atoms with Crippen molar-refractivity contribution in [1.29, 1.82) is 0 Å². The molecular formula is C25H19Br2N3O2. The minimum absolute atomic E-state index is 0.319. The lowest BCUT2D eigenvalue weighted by Gasteiger charge is -2.11. The lowest BCUT2D eigenvalue weighted by molar-refractivity contribution is 0.0956. The predicted molar refractivity (Wildman–Crippen MR) is 135 cm³/mol. The number of carbonyl (C=O) groups is 1. The van der Waals surface area contributed by atoms with Crippen LogP contribution < -0.4 is 10.2 Å². The van der Waals surface area contributed by atoms with Gasteiger partial charge in [-0.05, 0) is 61.0 Å². The molecule has 0 aliphatic carbocycles. The maximum atomic E-state index is 13.2. The molecule has 0 radical (unpaired) electrons. The van der Waals surface area contributed by atoms with Crippen LogP contribution in [0.25, 0.3) is 22.2 Å². The lowest BCUT2D eigenvalue weighted by Crippen LogP contribution is -2.20. The van der Waals surface area contributed by atoms with Crippen LogP contribution in [-0.2, 0) is 0 Å². The number of carbonyl (C=O) groups excluding carboxylic acids is 1. The Hall–Kier alpha value is -3.03. The number of nitrogens with zero attached hydrogens (tertiary/aromatic N) is 2. The quantitative estimate of drug-likeness (QED) is 0.224. The summed E-state index contributed by atoms with van der Waals surface area (Å²) in [7, 11) is 1.59. The van der Waals surface area contributed by atoms with E-state index in [1.54, 1.807) is 13.2 Å². The molecule has 1 amide bonds. The number of nitrogens with one attached hydrogen (secondary N) is 1. The first-order valence-electron chi connectivity index (χ1n) is 9.80. The van der Waals surface area contributed by atoms with Crippen LogP contribution in [-0.4, -0.2) is 23.7 Å². The molecule has 32 heavy (non-hydrogen) atoms. The number of hydrazone groups is 1. The van der Waals surface area contributed by atoms with E-state index in [4.69, 9.17) is 9.72 Å². The van der Waals surface area contributed by atoms with Crippen LogP contribution >= 0.6 is 31.9 Å². The standard InChI is InChI=1S/C25H19Br2N3O2/c1-15(16-3-7-18(26)8-4-16)29-30-25(31)22-14-24(17-5-9-19(27)10-6-17)28-23-12-11-20(32-2)13-21(22)23/h3-14H,1-2H3,(H,30,31). The molecule has 160 valence electrons. The smallest absolute Gasteiger partial charge is 0.272 e. The summed E-state index contributed by atoms with van der Waals surface area (Å²) in [4.78, 5) is 17.9. The zero-order valence-electron chi connectivity index (χ0n) is 17.4. The van der Waals surface area contributed by atoms with Crippen molar-refractivity contribution in [2.75, 3.05) is 7.11 Å². The highest BCUT2D eigenvalue weighted by Gasteiger charge is 2.15. The number of fused-ring (bicyclic) bond motifs is 1. The molecule has 1 aromatic heterocycles. The van der Waals surface area contributed by atoms with Gasteiger partial charge < -0.3 is 4.74 Å². The number of amides is 1. The van der Waals surface area contributed by atoms with Crippen LogP contribution in [0, 0.1) is 0 Å². The monoisotopic (exact) mass is 551 g/mol. The van der Waals surface area contributed by atoms with Crippen molar-refractivity contribution in [2.24, 2.45) is 5.10 Å². The Morgan fingerprint density at radius 1 is 0.938 bits per heavy atom. The van der Waals surface area contributed by atoms with Gasteiger partial charge in [-0.1, -0.05) is 56.1 Å². The van der Waals surface area contributed by atoms with Gasteiger partial charge in [0.2, 0.25) is 0 Å². The fraction of sp³-hybridized carbons (Fsp3) is 0.0800. The molecule has 0 saturated carbocycles. The molecule has 0 aliphatic rings. The van der Waals surface area contributed by atoms with Gasteiger partial charge in [0.25, 0.3) is 5.91 Å². The normalized spacial score (nSPS) is 11.4. The van der Waals surface area contributed by atoms with Crippen LogP contribution in [0.3, 0.4) is 0 Å². The van der Waals surface area contributed by atoms with Gasteiger partial charge in [0.1, 0.15) is 5.75 Å². The zero-order chi connectivity index (χ0) is 22.7. The first-order valence-corrected chi connectivity index (χ1v) is 11.4. The minimum atomic E-state index is -0.319. The second-order valence-corrected chi connectivity index (χ2v) is 8.92. The van der Waals surface area contributed by atoms with E-state index in [1.165, 1.54) is 0 Å². The van der Waals surface area contributed by atoms with Gasteiger partial charge in [0.05, 0.1) is 29.6 Å². The second-order valence-electron chi connectivity index (χ2n) is 7.09. The molecule has 0 aliphatic heterocycles. The summed E-state index contributed by atoms with van der Waals surface area (Å²) in [5.41, 5.74) is 7.10. The number of benzene rings is 3. The Morgan fingerprint density at radius 3 is 2.25 bits per heavy atom.